The lowest BCUT2D eigenvalue weighted by molar-refractivity contribution is 0.152. The molecule has 1 aromatic carbocycles. The standard InChI is InChI=1S/C17H26BrN3O/c1-3-19-16(20-10-11-22-4-2)21-13-17(8-9-17)14-6-5-7-15(18)12-14/h5-7,12H,3-4,8-11,13H2,1-2H3,(H2,19,20,21). The molecule has 2 N–H and O–H groups in total. The van der Waals surface area contributed by atoms with Gasteiger partial charge in [-0.1, -0.05) is 28.1 Å². The highest BCUT2D eigenvalue weighted by atomic mass is 79.9. The summed E-state index contributed by atoms with van der Waals surface area (Å²) in [6.07, 6.45) is 2.43. The quantitative estimate of drug-likeness (QED) is 0.421. The van der Waals surface area contributed by atoms with Gasteiger partial charge in [-0.3, -0.25) is 4.99 Å². The molecule has 0 heterocycles. The normalized spacial score (nSPS) is 16.4. The van der Waals surface area contributed by atoms with Gasteiger partial charge in [0.05, 0.1) is 13.2 Å². The molecule has 1 aliphatic carbocycles. The Labute approximate surface area is 141 Å². The Kier molecular flexibility index (Phi) is 6.70. The third-order valence-electron chi connectivity index (χ3n) is 3.92. The zero-order valence-electron chi connectivity index (χ0n) is 13.5. The predicted octanol–water partition coefficient (Wildman–Crippen LogP) is 3.07. The minimum atomic E-state index is 0.228. The molecule has 0 unspecified atom stereocenters. The van der Waals surface area contributed by atoms with E-state index in [0.29, 0.717) is 6.61 Å². The van der Waals surface area contributed by atoms with Crippen molar-refractivity contribution in [1.29, 1.82) is 0 Å². The number of benzene rings is 1. The SMILES string of the molecule is CCNC(=NCC1(c2cccc(Br)c2)CC1)NCCOCC. The van der Waals surface area contributed by atoms with Crippen molar-refractivity contribution in [3.63, 3.8) is 0 Å². The molecule has 22 heavy (non-hydrogen) atoms. The van der Waals surface area contributed by atoms with Gasteiger partial charge in [-0.2, -0.15) is 0 Å². The number of ether oxygens (including phenoxy) is 1. The fourth-order valence-corrected chi connectivity index (χ4v) is 2.86. The molecule has 1 aromatic rings. The van der Waals surface area contributed by atoms with Crippen molar-refractivity contribution < 1.29 is 4.74 Å². The van der Waals surface area contributed by atoms with Gasteiger partial charge in [-0.05, 0) is 44.4 Å². The van der Waals surface area contributed by atoms with Crippen molar-refractivity contribution in [2.45, 2.75) is 32.1 Å². The highest BCUT2D eigenvalue weighted by Crippen LogP contribution is 2.48. The van der Waals surface area contributed by atoms with Crippen LogP contribution >= 0.6 is 15.9 Å². The number of halogens is 1. The first-order valence-electron chi connectivity index (χ1n) is 8.06. The van der Waals surface area contributed by atoms with Crippen LogP contribution < -0.4 is 10.6 Å². The van der Waals surface area contributed by atoms with E-state index in [1.54, 1.807) is 0 Å². The fourth-order valence-electron chi connectivity index (χ4n) is 2.47. The van der Waals surface area contributed by atoms with Crippen LogP contribution in [0.3, 0.4) is 0 Å². The molecule has 1 fully saturated rings. The predicted molar refractivity (Wildman–Crippen MR) is 95.5 cm³/mol. The molecule has 0 amide bonds. The maximum atomic E-state index is 5.35. The van der Waals surface area contributed by atoms with Crippen LogP contribution in [-0.2, 0) is 10.2 Å². The summed E-state index contributed by atoms with van der Waals surface area (Å²) in [7, 11) is 0. The van der Waals surface area contributed by atoms with Crippen LogP contribution in [0.1, 0.15) is 32.3 Å². The summed E-state index contributed by atoms with van der Waals surface area (Å²) in [5, 5.41) is 6.62. The van der Waals surface area contributed by atoms with Crippen molar-refractivity contribution >= 4 is 21.9 Å². The van der Waals surface area contributed by atoms with E-state index in [2.05, 4.69) is 57.8 Å². The molecule has 0 aliphatic heterocycles. The number of hydrogen-bond acceptors (Lipinski definition) is 2. The maximum absolute atomic E-state index is 5.35. The van der Waals surface area contributed by atoms with Gasteiger partial charge in [-0.25, -0.2) is 0 Å². The molecule has 1 saturated carbocycles. The van der Waals surface area contributed by atoms with Gasteiger partial charge in [0.25, 0.3) is 0 Å². The number of nitrogens with zero attached hydrogens (tertiary/aromatic N) is 1. The summed E-state index contributed by atoms with van der Waals surface area (Å²) in [5.41, 5.74) is 1.61. The minimum absolute atomic E-state index is 0.228. The highest BCUT2D eigenvalue weighted by molar-refractivity contribution is 9.10. The first-order chi connectivity index (χ1) is 10.7. The topological polar surface area (TPSA) is 45.7 Å². The smallest absolute Gasteiger partial charge is 0.191 e. The molecule has 0 radical (unpaired) electrons. The molecule has 5 heteroatoms. The zero-order chi connectivity index (χ0) is 15.8. The molecule has 0 bridgehead atoms. The first-order valence-corrected chi connectivity index (χ1v) is 8.85. The molecule has 0 atom stereocenters. The summed E-state index contributed by atoms with van der Waals surface area (Å²) in [4.78, 5) is 4.77. The maximum Gasteiger partial charge on any atom is 0.191 e. The Balaban J connectivity index is 1.94. The van der Waals surface area contributed by atoms with Gasteiger partial charge in [0, 0.05) is 29.6 Å². The third-order valence-corrected chi connectivity index (χ3v) is 4.41. The van der Waals surface area contributed by atoms with Crippen molar-refractivity contribution in [2.24, 2.45) is 4.99 Å². The molecule has 2 rings (SSSR count). The Morgan fingerprint density at radius 3 is 2.77 bits per heavy atom. The van der Waals surface area contributed by atoms with E-state index in [0.717, 1.165) is 36.7 Å². The molecule has 0 saturated heterocycles. The Hall–Kier alpha value is -1.07. The van der Waals surface area contributed by atoms with Crippen LogP contribution in [-0.4, -0.2) is 38.8 Å². The number of guanidine groups is 1. The van der Waals surface area contributed by atoms with E-state index in [9.17, 15) is 0 Å². The van der Waals surface area contributed by atoms with E-state index in [4.69, 9.17) is 9.73 Å². The summed E-state index contributed by atoms with van der Waals surface area (Å²) in [6.45, 7) is 8.02. The van der Waals surface area contributed by atoms with Gasteiger partial charge in [0.15, 0.2) is 5.96 Å². The van der Waals surface area contributed by atoms with Gasteiger partial charge >= 0.3 is 0 Å². The van der Waals surface area contributed by atoms with Gasteiger partial charge in [0.1, 0.15) is 0 Å². The highest BCUT2D eigenvalue weighted by Gasteiger charge is 2.44. The number of aliphatic imine (C=N–C) groups is 1. The Morgan fingerprint density at radius 1 is 1.32 bits per heavy atom. The average Bonchev–Trinajstić information content (AvgIpc) is 3.30. The lowest BCUT2D eigenvalue weighted by Crippen LogP contribution is -2.39. The third kappa shape index (κ3) is 4.99. The lowest BCUT2D eigenvalue weighted by Gasteiger charge is -2.16. The van der Waals surface area contributed by atoms with Crippen LogP contribution in [0.5, 0.6) is 0 Å². The second-order valence-electron chi connectivity index (χ2n) is 5.61. The molecule has 122 valence electrons. The zero-order valence-corrected chi connectivity index (χ0v) is 15.1. The largest absolute Gasteiger partial charge is 0.380 e. The van der Waals surface area contributed by atoms with E-state index in [1.807, 2.05) is 6.92 Å². The van der Waals surface area contributed by atoms with Gasteiger partial charge < -0.3 is 15.4 Å². The minimum Gasteiger partial charge on any atom is -0.380 e. The molecule has 0 aromatic heterocycles. The molecular weight excluding hydrogens is 342 g/mol. The van der Waals surface area contributed by atoms with Crippen molar-refractivity contribution in [2.75, 3.05) is 32.8 Å². The summed E-state index contributed by atoms with van der Waals surface area (Å²) >= 11 is 3.56. The number of rotatable bonds is 8. The first kappa shape index (κ1) is 17.3. The fraction of sp³-hybridized carbons (Fsp3) is 0.588. The van der Waals surface area contributed by atoms with Crippen LogP contribution in [0, 0.1) is 0 Å². The number of nitrogens with one attached hydrogen (secondary N) is 2. The van der Waals surface area contributed by atoms with E-state index < -0.39 is 0 Å². The van der Waals surface area contributed by atoms with Crippen LogP contribution in [0.25, 0.3) is 0 Å². The van der Waals surface area contributed by atoms with E-state index in [-0.39, 0.29) is 5.41 Å². The second kappa shape index (κ2) is 8.53. The van der Waals surface area contributed by atoms with Gasteiger partial charge in [0.2, 0.25) is 0 Å². The van der Waals surface area contributed by atoms with Crippen molar-refractivity contribution in [3.8, 4) is 0 Å². The molecule has 1 aliphatic rings. The average molecular weight is 368 g/mol. The van der Waals surface area contributed by atoms with Crippen LogP contribution in [0.15, 0.2) is 33.7 Å². The summed E-state index contributed by atoms with van der Waals surface area (Å²) in [5.74, 6) is 0.878. The monoisotopic (exact) mass is 367 g/mol. The lowest BCUT2D eigenvalue weighted by atomic mass is 9.96. The van der Waals surface area contributed by atoms with Gasteiger partial charge in [-0.15, -0.1) is 0 Å². The molecule has 0 spiro atoms. The van der Waals surface area contributed by atoms with Crippen LogP contribution in [0.2, 0.25) is 0 Å². The van der Waals surface area contributed by atoms with Crippen molar-refractivity contribution in [3.05, 3.63) is 34.3 Å². The Morgan fingerprint density at radius 2 is 2.14 bits per heavy atom. The second-order valence-corrected chi connectivity index (χ2v) is 6.53. The van der Waals surface area contributed by atoms with E-state index in [1.165, 1.54) is 18.4 Å². The number of hydrogen-bond donors (Lipinski definition) is 2. The van der Waals surface area contributed by atoms with Crippen molar-refractivity contribution in [1.82, 2.24) is 10.6 Å². The molecule has 4 nitrogen and oxygen atoms in total. The summed E-state index contributed by atoms with van der Waals surface area (Å²) in [6, 6.07) is 8.61. The Bertz CT molecular complexity index is 500. The molecular formula is C17H26BrN3O. The van der Waals surface area contributed by atoms with E-state index >= 15 is 0 Å². The van der Waals surface area contributed by atoms with Crippen LogP contribution in [0.4, 0.5) is 0 Å². The summed E-state index contributed by atoms with van der Waals surface area (Å²) < 4.78 is 6.49.